The monoisotopic (exact) mass is 249 g/mol. The van der Waals surface area contributed by atoms with Crippen molar-refractivity contribution < 1.29 is 19.8 Å². The third-order valence-corrected chi connectivity index (χ3v) is 3.20. The van der Waals surface area contributed by atoms with Crippen LogP contribution < -0.4 is 5.32 Å². The van der Waals surface area contributed by atoms with Gasteiger partial charge in [0.15, 0.2) is 0 Å². The van der Waals surface area contributed by atoms with Gasteiger partial charge in [-0.1, -0.05) is 18.2 Å². The van der Waals surface area contributed by atoms with Crippen molar-refractivity contribution in [2.75, 3.05) is 6.54 Å². The summed E-state index contributed by atoms with van der Waals surface area (Å²) in [6, 6.07) is 4.79. The first-order chi connectivity index (χ1) is 8.59. The van der Waals surface area contributed by atoms with E-state index in [0.717, 1.165) is 23.1 Å². The van der Waals surface area contributed by atoms with Crippen molar-refractivity contribution >= 4 is 11.9 Å². The zero-order valence-corrected chi connectivity index (χ0v) is 9.85. The smallest absolute Gasteiger partial charge is 0.325 e. The van der Waals surface area contributed by atoms with Crippen molar-refractivity contribution in [1.82, 2.24) is 5.32 Å². The van der Waals surface area contributed by atoms with Gasteiger partial charge in [-0.2, -0.15) is 0 Å². The zero-order chi connectivity index (χ0) is 13.1. The highest BCUT2D eigenvalue weighted by Gasteiger charge is 2.26. The minimum atomic E-state index is -0.897. The van der Waals surface area contributed by atoms with Gasteiger partial charge in [-0.25, -0.2) is 0 Å². The standard InChI is InChI=1S/C13H15NO4/c15-11(16)5-4-8-2-1-3-10-9(8)6-7-14-12(10)13(17)18/h1-3,12,14H,4-7H2,(H,15,16)(H,17,18). The normalized spacial score (nSPS) is 18.1. The first kappa shape index (κ1) is 12.6. The third-order valence-electron chi connectivity index (χ3n) is 3.20. The van der Waals surface area contributed by atoms with Crippen LogP contribution in [-0.4, -0.2) is 28.7 Å². The lowest BCUT2D eigenvalue weighted by molar-refractivity contribution is -0.140. The number of hydrogen-bond donors (Lipinski definition) is 3. The second-order valence-electron chi connectivity index (χ2n) is 4.35. The molecule has 1 aliphatic heterocycles. The molecule has 96 valence electrons. The lowest BCUT2D eigenvalue weighted by Gasteiger charge is -2.25. The molecular formula is C13H15NO4. The lowest BCUT2D eigenvalue weighted by Crippen LogP contribution is -2.35. The van der Waals surface area contributed by atoms with Gasteiger partial charge in [-0.15, -0.1) is 0 Å². The van der Waals surface area contributed by atoms with E-state index in [1.165, 1.54) is 0 Å². The second-order valence-corrected chi connectivity index (χ2v) is 4.35. The predicted molar refractivity (Wildman–Crippen MR) is 64.5 cm³/mol. The molecule has 0 fully saturated rings. The van der Waals surface area contributed by atoms with E-state index in [0.29, 0.717) is 13.0 Å². The summed E-state index contributed by atoms with van der Waals surface area (Å²) in [7, 11) is 0. The fourth-order valence-corrected chi connectivity index (χ4v) is 2.38. The van der Waals surface area contributed by atoms with Crippen molar-refractivity contribution in [3.05, 3.63) is 34.9 Å². The Balaban J connectivity index is 2.31. The molecular weight excluding hydrogens is 234 g/mol. The SMILES string of the molecule is O=C(O)CCc1cccc2c1CCNC2C(=O)O. The predicted octanol–water partition coefficient (Wildman–Crippen LogP) is 0.975. The molecule has 1 aromatic rings. The second kappa shape index (κ2) is 5.18. The van der Waals surface area contributed by atoms with E-state index in [1.807, 2.05) is 6.07 Å². The number of benzene rings is 1. The average molecular weight is 249 g/mol. The molecule has 1 atom stereocenters. The van der Waals surface area contributed by atoms with E-state index in [9.17, 15) is 9.59 Å². The average Bonchev–Trinajstić information content (AvgIpc) is 2.35. The quantitative estimate of drug-likeness (QED) is 0.740. The molecule has 1 aromatic carbocycles. The number of fused-ring (bicyclic) bond motifs is 1. The Labute approximate surface area is 104 Å². The number of carbonyl (C=O) groups is 2. The van der Waals surface area contributed by atoms with E-state index < -0.39 is 18.0 Å². The molecule has 0 aromatic heterocycles. The van der Waals surface area contributed by atoms with Gasteiger partial charge < -0.3 is 15.5 Å². The highest BCUT2D eigenvalue weighted by atomic mass is 16.4. The minimum Gasteiger partial charge on any atom is -0.481 e. The molecule has 0 amide bonds. The number of hydrogen-bond acceptors (Lipinski definition) is 3. The van der Waals surface area contributed by atoms with Gasteiger partial charge in [-0.3, -0.25) is 9.59 Å². The van der Waals surface area contributed by atoms with Crippen LogP contribution in [0.15, 0.2) is 18.2 Å². The fraction of sp³-hybridized carbons (Fsp3) is 0.385. The molecule has 0 saturated heterocycles. The summed E-state index contributed by atoms with van der Waals surface area (Å²) in [4.78, 5) is 21.7. The van der Waals surface area contributed by atoms with Crippen molar-refractivity contribution in [2.24, 2.45) is 0 Å². The van der Waals surface area contributed by atoms with Crippen molar-refractivity contribution in [3.63, 3.8) is 0 Å². The van der Waals surface area contributed by atoms with Crippen molar-refractivity contribution in [3.8, 4) is 0 Å². The zero-order valence-electron chi connectivity index (χ0n) is 9.85. The molecule has 1 aliphatic rings. The number of nitrogens with one attached hydrogen (secondary N) is 1. The molecule has 5 heteroatoms. The van der Waals surface area contributed by atoms with Crippen molar-refractivity contribution in [1.29, 1.82) is 0 Å². The summed E-state index contributed by atoms with van der Waals surface area (Å²) < 4.78 is 0. The van der Waals surface area contributed by atoms with Crippen LogP contribution in [0.2, 0.25) is 0 Å². The Hall–Kier alpha value is -1.88. The van der Waals surface area contributed by atoms with Gasteiger partial charge in [-0.05, 0) is 29.5 Å². The minimum absolute atomic E-state index is 0.0711. The molecule has 0 radical (unpaired) electrons. The van der Waals surface area contributed by atoms with Crippen LogP contribution in [0.3, 0.4) is 0 Å². The summed E-state index contributed by atoms with van der Waals surface area (Å²) >= 11 is 0. The highest BCUT2D eigenvalue weighted by molar-refractivity contribution is 5.77. The Bertz CT molecular complexity index is 484. The first-order valence-electron chi connectivity index (χ1n) is 5.88. The summed E-state index contributed by atoms with van der Waals surface area (Å²) in [5, 5.41) is 20.8. The molecule has 0 spiro atoms. The number of rotatable bonds is 4. The third kappa shape index (κ3) is 2.51. The van der Waals surface area contributed by atoms with Gasteiger partial charge >= 0.3 is 11.9 Å². The maximum absolute atomic E-state index is 11.1. The van der Waals surface area contributed by atoms with E-state index in [-0.39, 0.29) is 6.42 Å². The van der Waals surface area contributed by atoms with E-state index in [2.05, 4.69) is 5.32 Å². The number of aliphatic carboxylic acids is 2. The summed E-state index contributed by atoms with van der Waals surface area (Å²) in [5.41, 5.74) is 2.70. The van der Waals surface area contributed by atoms with E-state index in [1.54, 1.807) is 12.1 Å². The Morgan fingerprint density at radius 1 is 1.33 bits per heavy atom. The maximum Gasteiger partial charge on any atom is 0.325 e. The van der Waals surface area contributed by atoms with Gasteiger partial charge in [0.05, 0.1) is 0 Å². The number of carboxylic acid groups (broad SMARTS) is 2. The van der Waals surface area contributed by atoms with E-state index in [4.69, 9.17) is 10.2 Å². The van der Waals surface area contributed by atoms with Crippen LogP contribution in [0.25, 0.3) is 0 Å². The van der Waals surface area contributed by atoms with Crippen LogP contribution in [0.1, 0.15) is 29.2 Å². The van der Waals surface area contributed by atoms with E-state index >= 15 is 0 Å². The van der Waals surface area contributed by atoms with Crippen molar-refractivity contribution in [2.45, 2.75) is 25.3 Å². The molecule has 2 rings (SSSR count). The molecule has 0 bridgehead atoms. The largest absolute Gasteiger partial charge is 0.481 e. The summed E-state index contributed by atoms with van der Waals surface area (Å²) in [6.07, 6.45) is 1.27. The maximum atomic E-state index is 11.1. The van der Waals surface area contributed by atoms with Crippen LogP contribution in [0, 0.1) is 0 Å². The molecule has 0 aliphatic carbocycles. The summed E-state index contributed by atoms with van der Waals surface area (Å²) in [6.45, 7) is 0.605. The molecule has 3 N–H and O–H groups in total. The van der Waals surface area contributed by atoms with Gasteiger partial charge in [0.1, 0.15) is 6.04 Å². The highest BCUT2D eigenvalue weighted by Crippen LogP contribution is 2.26. The number of carboxylic acids is 2. The molecule has 1 unspecified atom stereocenters. The fourth-order valence-electron chi connectivity index (χ4n) is 2.38. The van der Waals surface area contributed by atoms with Crippen LogP contribution in [0.5, 0.6) is 0 Å². The molecule has 18 heavy (non-hydrogen) atoms. The number of aryl methyl sites for hydroxylation is 1. The van der Waals surface area contributed by atoms with Gasteiger partial charge in [0.25, 0.3) is 0 Å². The van der Waals surface area contributed by atoms with Crippen LogP contribution in [-0.2, 0) is 22.4 Å². The van der Waals surface area contributed by atoms with Gasteiger partial charge in [0.2, 0.25) is 0 Å². The van der Waals surface area contributed by atoms with Gasteiger partial charge in [0, 0.05) is 13.0 Å². The molecule has 0 saturated carbocycles. The Morgan fingerprint density at radius 2 is 2.11 bits per heavy atom. The van der Waals surface area contributed by atoms with Crippen LogP contribution in [0.4, 0.5) is 0 Å². The lowest BCUT2D eigenvalue weighted by atomic mass is 9.89. The summed E-state index contributed by atoms with van der Waals surface area (Å²) in [5.74, 6) is -1.73. The van der Waals surface area contributed by atoms with Crippen LogP contribution >= 0.6 is 0 Å². The Morgan fingerprint density at radius 3 is 2.78 bits per heavy atom. The topological polar surface area (TPSA) is 86.6 Å². The Kier molecular flexibility index (Phi) is 3.62. The first-order valence-corrected chi connectivity index (χ1v) is 5.88. The molecule has 1 heterocycles. The molecule has 5 nitrogen and oxygen atoms in total.